The fourth-order valence-corrected chi connectivity index (χ4v) is 1.00. The standard InChI is InChI=1S/C11H13NO2/c13-9-5-4-8-12-11(14)10-6-2-1-3-7-10/h1-7,13H,8-9H2,(H,12,14)/b5-4-. The molecule has 0 aromatic heterocycles. The van der Waals surface area contributed by atoms with Crippen LogP contribution < -0.4 is 5.32 Å². The number of benzene rings is 1. The highest BCUT2D eigenvalue weighted by Crippen LogP contribution is 1.97. The minimum atomic E-state index is -0.104. The van der Waals surface area contributed by atoms with Crippen LogP contribution in [0.1, 0.15) is 10.4 Å². The van der Waals surface area contributed by atoms with E-state index in [1.54, 1.807) is 24.3 Å². The van der Waals surface area contributed by atoms with Crippen molar-refractivity contribution in [3.8, 4) is 0 Å². The minimum absolute atomic E-state index is 0.00120. The Bertz CT molecular complexity index is 306. The van der Waals surface area contributed by atoms with Crippen molar-refractivity contribution < 1.29 is 9.90 Å². The molecule has 0 unspecified atom stereocenters. The molecular weight excluding hydrogens is 178 g/mol. The van der Waals surface area contributed by atoms with Crippen molar-refractivity contribution >= 4 is 5.91 Å². The highest BCUT2D eigenvalue weighted by molar-refractivity contribution is 5.94. The second kappa shape index (κ2) is 5.94. The molecule has 14 heavy (non-hydrogen) atoms. The molecule has 0 heterocycles. The van der Waals surface area contributed by atoms with E-state index in [9.17, 15) is 4.79 Å². The molecule has 0 bridgehead atoms. The van der Waals surface area contributed by atoms with Crippen molar-refractivity contribution in [2.75, 3.05) is 13.2 Å². The van der Waals surface area contributed by atoms with Gasteiger partial charge in [0.25, 0.3) is 5.91 Å². The summed E-state index contributed by atoms with van der Waals surface area (Å²) in [7, 11) is 0. The van der Waals surface area contributed by atoms with Gasteiger partial charge in [0.05, 0.1) is 6.61 Å². The summed E-state index contributed by atoms with van der Waals surface area (Å²) >= 11 is 0. The third-order valence-corrected chi connectivity index (χ3v) is 1.69. The predicted octanol–water partition coefficient (Wildman–Crippen LogP) is 0.965. The zero-order chi connectivity index (χ0) is 10.2. The molecule has 1 aromatic rings. The maximum atomic E-state index is 11.4. The first-order valence-electron chi connectivity index (χ1n) is 4.43. The molecule has 1 amide bonds. The smallest absolute Gasteiger partial charge is 0.251 e. The van der Waals surface area contributed by atoms with E-state index in [2.05, 4.69) is 5.32 Å². The second-order valence-electron chi connectivity index (χ2n) is 2.73. The van der Waals surface area contributed by atoms with Crippen LogP contribution in [0.15, 0.2) is 42.5 Å². The lowest BCUT2D eigenvalue weighted by Crippen LogP contribution is -2.23. The van der Waals surface area contributed by atoms with E-state index in [4.69, 9.17) is 5.11 Å². The predicted molar refractivity (Wildman–Crippen MR) is 55.0 cm³/mol. The van der Waals surface area contributed by atoms with Crippen LogP contribution in [0, 0.1) is 0 Å². The summed E-state index contributed by atoms with van der Waals surface area (Å²) in [5, 5.41) is 11.1. The molecule has 0 spiro atoms. The number of hydrogen-bond acceptors (Lipinski definition) is 2. The van der Waals surface area contributed by atoms with Gasteiger partial charge in [-0.15, -0.1) is 0 Å². The van der Waals surface area contributed by atoms with Crippen LogP contribution in [-0.4, -0.2) is 24.2 Å². The molecule has 0 radical (unpaired) electrons. The first kappa shape index (κ1) is 10.5. The lowest BCUT2D eigenvalue weighted by molar-refractivity contribution is 0.0958. The normalized spacial score (nSPS) is 10.4. The van der Waals surface area contributed by atoms with E-state index < -0.39 is 0 Å². The maximum absolute atomic E-state index is 11.4. The van der Waals surface area contributed by atoms with Gasteiger partial charge in [-0.1, -0.05) is 30.4 Å². The fourth-order valence-electron chi connectivity index (χ4n) is 1.00. The van der Waals surface area contributed by atoms with E-state index in [0.717, 1.165) is 0 Å². The molecule has 0 atom stereocenters. The molecule has 0 aliphatic heterocycles. The van der Waals surface area contributed by atoms with Crippen molar-refractivity contribution in [2.45, 2.75) is 0 Å². The third kappa shape index (κ3) is 3.41. The number of rotatable bonds is 4. The van der Waals surface area contributed by atoms with E-state index in [1.807, 2.05) is 18.2 Å². The molecule has 0 fully saturated rings. The van der Waals surface area contributed by atoms with Gasteiger partial charge < -0.3 is 10.4 Å². The van der Waals surface area contributed by atoms with Gasteiger partial charge in [-0.05, 0) is 12.1 Å². The van der Waals surface area contributed by atoms with Gasteiger partial charge in [-0.3, -0.25) is 4.79 Å². The summed E-state index contributed by atoms with van der Waals surface area (Å²) in [6, 6.07) is 9.01. The van der Waals surface area contributed by atoms with Gasteiger partial charge in [0.2, 0.25) is 0 Å². The van der Waals surface area contributed by atoms with Gasteiger partial charge in [-0.2, -0.15) is 0 Å². The molecule has 2 N–H and O–H groups in total. The first-order valence-corrected chi connectivity index (χ1v) is 4.43. The minimum Gasteiger partial charge on any atom is -0.392 e. The van der Waals surface area contributed by atoms with Gasteiger partial charge >= 0.3 is 0 Å². The van der Waals surface area contributed by atoms with Crippen LogP contribution in [0.2, 0.25) is 0 Å². The maximum Gasteiger partial charge on any atom is 0.251 e. The third-order valence-electron chi connectivity index (χ3n) is 1.69. The zero-order valence-electron chi connectivity index (χ0n) is 7.81. The highest BCUT2D eigenvalue weighted by atomic mass is 16.2. The number of aliphatic hydroxyl groups excluding tert-OH is 1. The van der Waals surface area contributed by atoms with Crippen LogP contribution in [-0.2, 0) is 0 Å². The highest BCUT2D eigenvalue weighted by Gasteiger charge is 2.00. The number of amides is 1. The Labute approximate surface area is 83.1 Å². The molecule has 3 heteroatoms. The monoisotopic (exact) mass is 191 g/mol. The molecule has 74 valence electrons. The summed E-state index contributed by atoms with van der Waals surface area (Å²) in [6.07, 6.45) is 3.30. The first-order chi connectivity index (χ1) is 6.84. The summed E-state index contributed by atoms with van der Waals surface area (Å²) < 4.78 is 0. The van der Waals surface area contributed by atoms with Crippen molar-refractivity contribution in [2.24, 2.45) is 0 Å². The average molecular weight is 191 g/mol. The van der Waals surface area contributed by atoms with Crippen LogP contribution >= 0.6 is 0 Å². The summed E-state index contributed by atoms with van der Waals surface area (Å²) in [6.45, 7) is 0.440. The Kier molecular flexibility index (Phi) is 4.44. The Morgan fingerprint density at radius 2 is 2.00 bits per heavy atom. The largest absolute Gasteiger partial charge is 0.392 e. The van der Waals surface area contributed by atoms with Crippen molar-refractivity contribution in [1.29, 1.82) is 0 Å². The number of aliphatic hydroxyl groups is 1. The molecule has 0 saturated carbocycles. The average Bonchev–Trinajstić information content (AvgIpc) is 2.25. The van der Waals surface area contributed by atoms with E-state index in [0.29, 0.717) is 12.1 Å². The number of nitrogens with one attached hydrogen (secondary N) is 1. The van der Waals surface area contributed by atoms with Gasteiger partial charge in [0.15, 0.2) is 0 Å². The second-order valence-corrected chi connectivity index (χ2v) is 2.73. The quantitative estimate of drug-likeness (QED) is 0.696. The van der Waals surface area contributed by atoms with E-state index >= 15 is 0 Å². The van der Waals surface area contributed by atoms with Crippen LogP contribution in [0.25, 0.3) is 0 Å². The molecule has 0 aliphatic carbocycles. The number of carbonyl (C=O) groups excluding carboxylic acids is 1. The molecule has 1 aromatic carbocycles. The van der Waals surface area contributed by atoms with Crippen molar-refractivity contribution in [3.05, 3.63) is 48.0 Å². The summed E-state index contributed by atoms with van der Waals surface area (Å²) in [5.74, 6) is -0.104. The van der Waals surface area contributed by atoms with E-state index in [1.165, 1.54) is 0 Å². The van der Waals surface area contributed by atoms with Crippen LogP contribution in [0.3, 0.4) is 0 Å². The lowest BCUT2D eigenvalue weighted by Gasteiger charge is -2.00. The molecule has 0 saturated heterocycles. The topological polar surface area (TPSA) is 49.3 Å². The Morgan fingerprint density at radius 3 is 2.64 bits per heavy atom. The fraction of sp³-hybridized carbons (Fsp3) is 0.182. The van der Waals surface area contributed by atoms with Crippen LogP contribution in [0.5, 0.6) is 0 Å². The SMILES string of the molecule is O=C(NC/C=C\CO)c1ccccc1. The van der Waals surface area contributed by atoms with Gasteiger partial charge in [0, 0.05) is 12.1 Å². The van der Waals surface area contributed by atoms with Gasteiger partial charge in [-0.25, -0.2) is 0 Å². The Balaban J connectivity index is 2.40. The van der Waals surface area contributed by atoms with Crippen molar-refractivity contribution in [1.82, 2.24) is 5.32 Å². The lowest BCUT2D eigenvalue weighted by atomic mass is 10.2. The Morgan fingerprint density at radius 1 is 1.29 bits per heavy atom. The number of carbonyl (C=O) groups is 1. The number of hydrogen-bond donors (Lipinski definition) is 2. The van der Waals surface area contributed by atoms with Gasteiger partial charge in [0.1, 0.15) is 0 Å². The molecule has 0 aliphatic rings. The molecular formula is C11H13NO2. The molecule has 3 nitrogen and oxygen atoms in total. The molecule has 1 rings (SSSR count). The zero-order valence-corrected chi connectivity index (χ0v) is 7.81. The van der Waals surface area contributed by atoms with E-state index in [-0.39, 0.29) is 12.5 Å². The van der Waals surface area contributed by atoms with Crippen molar-refractivity contribution in [3.63, 3.8) is 0 Å². The Hall–Kier alpha value is -1.61. The summed E-state index contributed by atoms with van der Waals surface area (Å²) in [5.41, 5.74) is 0.643. The van der Waals surface area contributed by atoms with Crippen LogP contribution in [0.4, 0.5) is 0 Å². The summed E-state index contributed by atoms with van der Waals surface area (Å²) in [4.78, 5) is 11.4.